The van der Waals surface area contributed by atoms with Crippen LogP contribution in [0.25, 0.3) is 0 Å². The van der Waals surface area contributed by atoms with Crippen molar-refractivity contribution >= 4 is 27.5 Å². The van der Waals surface area contributed by atoms with Crippen LogP contribution in [0.4, 0.5) is 5.69 Å². The Balaban J connectivity index is 1.77. The molecule has 7 nitrogen and oxygen atoms in total. The molecule has 0 aliphatic carbocycles. The van der Waals surface area contributed by atoms with Crippen LogP contribution in [-0.2, 0) is 14.8 Å². The summed E-state index contributed by atoms with van der Waals surface area (Å²) >= 11 is 0. The molecule has 33 heavy (non-hydrogen) atoms. The molecule has 0 saturated carbocycles. The molecular weight excluding hydrogens is 438 g/mol. The molecule has 1 atom stereocenters. The van der Waals surface area contributed by atoms with Gasteiger partial charge < -0.3 is 10.2 Å². The topological polar surface area (TPSA) is 95.6 Å². The molecule has 176 valence electrons. The average molecular weight is 470 g/mol. The van der Waals surface area contributed by atoms with E-state index < -0.39 is 10.0 Å². The van der Waals surface area contributed by atoms with E-state index in [1.165, 1.54) is 0 Å². The number of anilines is 1. The molecular formula is C25H31N3O4S. The van der Waals surface area contributed by atoms with Gasteiger partial charge in [0.25, 0.3) is 15.9 Å². The summed E-state index contributed by atoms with van der Waals surface area (Å²) < 4.78 is 28.8. The SMILES string of the molecule is C=CCNC(=O)C1CCCN(C(=O)c2cccc(NS(=O)(=O)c3c(C)cc(C)cc3C)c2)C1. The molecule has 1 fully saturated rings. The van der Waals surface area contributed by atoms with Gasteiger partial charge in [0.1, 0.15) is 0 Å². The molecule has 0 aromatic heterocycles. The van der Waals surface area contributed by atoms with E-state index in [1.807, 2.05) is 19.1 Å². The van der Waals surface area contributed by atoms with E-state index >= 15 is 0 Å². The Kier molecular flexibility index (Phi) is 7.58. The van der Waals surface area contributed by atoms with Crippen LogP contribution >= 0.6 is 0 Å². The van der Waals surface area contributed by atoms with Gasteiger partial charge in [0.05, 0.1) is 10.8 Å². The van der Waals surface area contributed by atoms with Crippen LogP contribution in [0.1, 0.15) is 39.9 Å². The number of likely N-dealkylation sites (tertiary alicyclic amines) is 1. The molecule has 0 radical (unpaired) electrons. The molecule has 2 N–H and O–H groups in total. The van der Waals surface area contributed by atoms with Crippen molar-refractivity contribution < 1.29 is 18.0 Å². The third-order valence-corrected chi connectivity index (χ3v) is 7.42. The minimum absolute atomic E-state index is 0.0854. The first-order valence-corrected chi connectivity index (χ1v) is 12.5. The first-order valence-electron chi connectivity index (χ1n) is 11.0. The number of piperidine rings is 1. The fourth-order valence-corrected chi connectivity index (χ4v) is 5.89. The third-order valence-electron chi connectivity index (χ3n) is 5.74. The van der Waals surface area contributed by atoms with E-state index in [4.69, 9.17) is 0 Å². The fourth-order valence-electron chi connectivity index (χ4n) is 4.39. The minimum Gasteiger partial charge on any atom is -0.352 e. The highest BCUT2D eigenvalue weighted by atomic mass is 32.2. The Labute approximate surface area is 195 Å². The maximum atomic E-state index is 13.1. The first kappa shape index (κ1) is 24.5. The van der Waals surface area contributed by atoms with Crippen molar-refractivity contribution in [2.24, 2.45) is 5.92 Å². The number of hydrogen-bond donors (Lipinski definition) is 2. The summed E-state index contributed by atoms with van der Waals surface area (Å²) in [5, 5.41) is 2.79. The van der Waals surface area contributed by atoms with Crippen molar-refractivity contribution in [2.45, 2.75) is 38.5 Å². The highest BCUT2D eigenvalue weighted by Crippen LogP contribution is 2.25. The van der Waals surface area contributed by atoms with Gasteiger partial charge in [0.15, 0.2) is 0 Å². The Morgan fingerprint density at radius 2 is 1.85 bits per heavy atom. The normalized spacial score (nSPS) is 16.2. The lowest BCUT2D eigenvalue weighted by atomic mass is 9.96. The Bertz CT molecular complexity index is 1150. The number of rotatable bonds is 7. The molecule has 2 amide bonds. The van der Waals surface area contributed by atoms with E-state index in [0.717, 1.165) is 18.4 Å². The van der Waals surface area contributed by atoms with Gasteiger partial charge in [-0.2, -0.15) is 0 Å². The van der Waals surface area contributed by atoms with Gasteiger partial charge in [-0.15, -0.1) is 6.58 Å². The van der Waals surface area contributed by atoms with Crippen molar-refractivity contribution in [3.63, 3.8) is 0 Å². The van der Waals surface area contributed by atoms with Gasteiger partial charge in [0, 0.05) is 30.9 Å². The lowest BCUT2D eigenvalue weighted by Gasteiger charge is -2.32. The van der Waals surface area contributed by atoms with Crippen molar-refractivity contribution in [1.82, 2.24) is 10.2 Å². The average Bonchev–Trinajstić information content (AvgIpc) is 2.76. The Morgan fingerprint density at radius 1 is 1.15 bits per heavy atom. The summed E-state index contributed by atoms with van der Waals surface area (Å²) in [7, 11) is -3.82. The monoisotopic (exact) mass is 469 g/mol. The summed E-state index contributed by atoms with van der Waals surface area (Å²) in [5.41, 5.74) is 3.02. The highest BCUT2D eigenvalue weighted by molar-refractivity contribution is 7.92. The number of benzene rings is 2. The molecule has 2 aromatic rings. The zero-order valence-corrected chi connectivity index (χ0v) is 20.2. The smallest absolute Gasteiger partial charge is 0.262 e. The van der Waals surface area contributed by atoms with Crippen LogP contribution < -0.4 is 10.0 Å². The van der Waals surface area contributed by atoms with Crippen LogP contribution in [0.15, 0.2) is 53.9 Å². The van der Waals surface area contributed by atoms with E-state index in [9.17, 15) is 18.0 Å². The van der Waals surface area contributed by atoms with E-state index in [2.05, 4.69) is 16.6 Å². The van der Waals surface area contributed by atoms with E-state index in [0.29, 0.717) is 42.0 Å². The summed E-state index contributed by atoms with van der Waals surface area (Å²) in [6, 6.07) is 10.1. The van der Waals surface area contributed by atoms with Gasteiger partial charge in [-0.25, -0.2) is 8.42 Å². The van der Waals surface area contributed by atoms with Gasteiger partial charge in [-0.05, 0) is 62.9 Å². The van der Waals surface area contributed by atoms with Crippen LogP contribution in [0.5, 0.6) is 0 Å². The summed E-state index contributed by atoms with van der Waals surface area (Å²) in [6.45, 7) is 10.3. The van der Waals surface area contributed by atoms with Crippen LogP contribution in [-0.4, -0.2) is 44.8 Å². The van der Waals surface area contributed by atoms with Gasteiger partial charge in [-0.3, -0.25) is 14.3 Å². The van der Waals surface area contributed by atoms with Crippen molar-refractivity contribution in [3.8, 4) is 0 Å². The second kappa shape index (κ2) is 10.2. The fraction of sp³-hybridized carbons (Fsp3) is 0.360. The van der Waals surface area contributed by atoms with E-state index in [-0.39, 0.29) is 22.6 Å². The molecule has 0 bridgehead atoms. The van der Waals surface area contributed by atoms with Crippen molar-refractivity contribution in [2.75, 3.05) is 24.4 Å². The molecule has 0 spiro atoms. The molecule has 1 heterocycles. The third kappa shape index (κ3) is 5.82. The van der Waals surface area contributed by atoms with Gasteiger partial charge in [0.2, 0.25) is 5.91 Å². The number of hydrogen-bond acceptors (Lipinski definition) is 4. The van der Waals surface area contributed by atoms with E-state index in [1.54, 1.807) is 49.1 Å². The number of nitrogens with zero attached hydrogens (tertiary/aromatic N) is 1. The Hall–Kier alpha value is -3.13. The lowest BCUT2D eigenvalue weighted by molar-refractivity contribution is -0.126. The van der Waals surface area contributed by atoms with Crippen LogP contribution in [0, 0.1) is 26.7 Å². The number of carbonyl (C=O) groups excluding carboxylic acids is 2. The number of sulfonamides is 1. The zero-order chi connectivity index (χ0) is 24.2. The molecule has 8 heteroatoms. The number of amides is 2. The summed E-state index contributed by atoms with van der Waals surface area (Å²) in [6.07, 6.45) is 3.08. The molecule has 1 aliphatic rings. The second-order valence-corrected chi connectivity index (χ2v) is 10.2. The standard InChI is InChI=1S/C25H31N3O4S/c1-5-11-26-24(29)21-9-7-12-28(16-21)25(30)20-8-6-10-22(15-20)27-33(31,32)23-18(3)13-17(2)14-19(23)4/h5-6,8,10,13-15,21,27H,1,7,9,11-12,16H2,2-4H3,(H,26,29). The van der Waals surface area contributed by atoms with Gasteiger partial charge >= 0.3 is 0 Å². The molecule has 1 aliphatic heterocycles. The lowest BCUT2D eigenvalue weighted by Crippen LogP contribution is -2.45. The van der Waals surface area contributed by atoms with Crippen molar-refractivity contribution in [3.05, 3.63) is 71.3 Å². The summed E-state index contributed by atoms with van der Waals surface area (Å²) in [5.74, 6) is -0.575. The molecule has 3 rings (SSSR count). The number of nitrogens with one attached hydrogen (secondary N) is 2. The van der Waals surface area contributed by atoms with Crippen molar-refractivity contribution in [1.29, 1.82) is 0 Å². The highest BCUT2D eigenvalue weighted by Gasteiger charge is 2.29. The largest absolute Gasteiger partial charge is 0.352 e. The maximum Gasteiger partial charge on any atom is 0.262 e. The Morgan fingerprint density at radius 3 is 2.52 bits per heavy atom. The molecule has 1 unspecified atom stereocenters. The number of carbonyl (C=O) groups is 2. The predicted octanol–water partition coefficient (Wildman–Crippen LogP) is 3.57. The minimum atomic E-state index is -3.82. The second-order valence-electron chi connectivity index (χ2n) is 8.54. The van der Waals surface area contributed by atoms with Gasteiger partial charge in [-0.1, -0.05) is 29.8 Å². The number of aryl methyl sites for hydroxylation is 3. The quantitative estimate of drug-likeness (QED) is 0.606. The molecule has 1 saturated heterocycles. The predicted molar refractivity (Wildman–Crippen MR) is 130 cm³/mol. The maximum absolute atomic E-state index is 13.1. The van der Waals surface area contributed by atoms with Crippen LogP contribution in [0.2, 0.25) is 0 Å². The first-order chi connectivity index (χ1) is 15.6. The molecule has 2 aromatic carbocycles. The zero-order valence-electron chi connectivity index (χ0n) is 19.3. The summed E-state index contributed by atoms with van der Waals surface area (Å²) in [4.78, 5) is 27.3. The van der Waals surface area contributed by atoms with Crippen LogP contribution in [0.3, 0.4) is 0 Å².